The lowest BCUT2D eigenvalue weighted by atomic mass is 10.0. The Morgan fingerprint density at radius 2 is 1.78 bits per heavy atom. The van der Waals surface area contributed by atoms with E-state index in [-0.39, 0.29) is 16.7 Å². The van der Waals surface area contributed by atoms with Crippen LogP contribution in [0.1, 0.15) is 29.3 Å². The molecule has 2 aromatic carbocycles. The van der Waals surface area contributed by atoms with E-state index in [1.807, 2.05) is 24.3 Å². The molecule has 0 spiro atoms. The van der Waals surface area contributed by atoms with Crippen molar-refractivity contribution in [1.82, 2.24) is 9.47 Å². The number of benzene rings is 2. The van der Waals surface area contributed by atoms with E-state index < -0.39 is 0 Å². The molecule has 5 nitrogen and oxygen atoms in total. The Bertz CT molecular complexity index is 935. The average molecular weight is 382 g/mol. The van der Waals surface area contributed by atoms with Crippen molar-refractivity contribution in [1.29, 1.82) is 0 Å². The minimum atomic E-state index is -0.362. The van der Waals surface area contributed by atoms with Crippen LogP contribution in [0, 0.1) is 10.1 Å². The van der Waals surface area contributed by atoms with Gasteiger partial charge in [0.05, 0.1) is 11.0 Å². The Balaban J connectivity index is 1.68. The third kappa shape index (κ3) is 3.75. The molecule has 0 radical (unpaired) electrons. The molecule has 0 fully saturated rings. The smallest absolute Gasteiger partial charge is 0.269 e. The first-order chi connectivity index (χ1) is 13.1. The first-order valence-electron chi connectivity index (χ1n) is 9.00. The highest BCUT2D eigenvalue weighted by molar-refractivity contribution is 6.30. The zero-order valence-corrected chi connectivity index (χ0v) is 15.5. The van der Waals surface area contributed by atoms with Gasteiger partial charge >= 0.3 is 0 Å². The standard InChI is InChI=1S/C21H20ClN3O2/c22-18-8-6-17(7-9-18)21-20-3-1-12-23(20)13-2-14-24(21)15-16-4-10-19(11-5-16)25(26)27/h1,3-12,21H,2,13-15H2. The largest absolute Gasteiger partial charge is 0.350 e. The van der Waals surface area contributed by atoms with Gasteiger partial charge < -0.3 is 4.57 Å². The number of aryl methyl sites for hydroxylation is 1. The van der Waals surface area contributed by atoms with Crippen molar-refractivity contribution in [2.24, 2.45) is 0 Å². The summed E-state index contributed by atoms with van der Waals surface area (Å²) in [4.78, 5) is 13.0. The normalized spacial score (nSPS) is 17.3. The van der Waals surface area contributed by atoms with E-state index in [0.29, 0.717) is 0 Å². The lowest BCUT2D eigenvalue weighted by Crippen LogP contribution is -2.29. The molecule has 6 heteroatoms. The van der Waals surface area contributed by atoms with Gasteiger partial charge in [-0.3, -0.25) is 15.0 Å². The number of nitro groups is 1. The van der Waals surface area contributed by atoms with Crippen molar-refractivity contribution in [3.8, 4) is 0 Å². The Morgan fingerprint density at radius 1 is 1.04 bits per heavy atom. The predicted octanol–water partition coefficient (Wildman–Crippen LogP) is 5.05. The second-order valence-corrected chi connectivity index (χ2v) is 7.26. The van der Waals surface area contributed by atoms with Gasteiger partial charge in [0.15, 0.2) is 0 Å². The van der Waals surface area contributed by atoms with Gasteiger partial charge in [-0.05, 0) is 41.8 Å². The minimum absolute atomic E-state index is 0.120. The summed E-state index contributed by atoms with van der Waals surface area (Å²) >= 11 is 6.09. The van der Waals surface area contributed by atoms with E-state index in [2.05, 4.69) is 39.9 Å². The van der Waals surface area contributed by atoms with Crippen LogP contribution in [0.2, 0.25) is 5.02 Å². The van der Waals surface area contributed by atoms with Gasteiger partial charge in [0.1, 0.15) is 0 Å². The quantitative estimate of drug-likeness (QED) is 0.469. The van der Waals surface area contributed by atoms with E-state index in [9.17, 15) is 10.1 Å². The molecule has 3 aromatic rings. The molecule has 1 aromatic heterocycles. The highest BCUT2D eigenvalue weighted by Crippen LogP contribution is 2.33. The van der Waals surface area contributed by atoms with Crippen molar-refractivity contribution < 1.29 is 4.92 Å². The molecule has 0 amide bonds. The van der Waals surface area contributed by atoms with Crippen molar-refractivity contribution in [2.75, 3.05) is 6.54 Å². The van der Waals surface area contributed by atoms with Gasteiger partial charge in [0.25, 0.3) is 5.69 Å². The van der Waals surface area contributed by atoms with Crippen molar-refractivity contribution in [3.63, 3.8) is 0 Å². The van der Waals surface area contributed by atoms with E-state index in [0.717, 1.165) is 36.6 Å². The van der Waals surface area contributed by atoms with Crippen LogP contribution >= 0.6 is 11.6 Å². The van der Waals surface area contributed by atoms with Crippen LogP contribution in [0.25, 0.3) is 0 Å². The average Bonchev–Trinajstić information content (AvgIpc) is 3.05. The summed E-state index contributed by atoms with van der Waals surface area (Å²) in [6.07, 6.45) is 3.19. The van der Waals surface area contributed by atoms with Crippen LogP contribution < -0.4 is 0 Å². The lowest BCUT2D eigenvalue weighted by Gasteiger charge is -2.30. The maximum absolute atomic E-state index is 10.9. The number of fused-ring (bicyclic) bond motifs is 1. The molecule has 1 aliphatic rings. The van der Waals surface area contributed by atoms with Crippen LogP contribution in [0.15, 0.2) is 66.9 Å². The third-order valence-corrected chi connectivity index (χ3v) is 5.32. The maximum Gasteiger partial charge on any atom is 0.269 e. The van der Waals surface area contributed by atoms with Crippen molar-refractivity contribution >= 4 is 17.3 Å². The fraction of sp³-hybridized carbons (Fsp3) is 0.238. The zero-order valence-electron chi connectivity index (χ0n) is 14.8. The molecule has 0 aliphatic carbocycles. The molecule has 27 heavy (non-hydrogen) atoms. The third-order valence-electron chi connectivity index (χ3n) is 5.07. The number of non-ortho nitro benzene ring substituents is 1. The molecule has 1 atom stereocenters. The summed E-state index contributed by atoms with van der Waals surface area (Å²) in [6.45, 7) is 2.67. The highest BCUT2D eigenvalue weighted by atomic mass is 35.5. The lowest BCUT2D eigenvalue weighted by molar-refractivity contribution is -0.384. The van der Waals surface area contributed by atoms with Crippen LogP contribution in [0.5, 0.6) is 0 Å². The number of nitro benzene ring substituents is 1. The fourth-order valence-electron chi connectivity index (χ4n) is 3.79. The van der Waals surface area contributed by atoms with Gasteiger partial charge in [-0.2, -0.15) is 0 Å². The Hall–Kier alpha value is -2.63. The Labute approximate surface area is 162 Å². The molecular weight excluding hydrogens is 362 g/mol. The minimum Gasteiger partial charge on any atom is -0.350 e. The van der Waals surface area contributed by atoms with Gasteiger partial charge in [0, 0.05) is 48.7 Å². The van der Waals surface area contributed by atoms with E-state index in [1.54, 1.807) is 12.1 Å². The predicted molar refractivity (Wildman–Crippen MR) is 106 cm³/mol. The molecule has 1 unspecified atom stereocenters. The van der Waals surface area contributed by atoms with Crippen LogP contribution in [-0.2, 0) is 13.1 Å². The molecule has 4 rings (SSSR count). The number of nitrogens with zero attached hydrogens (tertiary/aromatic N) is 3. The first-order valence-corrected chi connectivity index (χ1v) is 9.37. The fourth-order valence-corrected chi connectivity index (χ4v) is 3.92. The summed E-state index contributed by atoms with van der Waals surface area (Å²) in [6, 6.07) is 19.3. The monoisotopic (exact) mass is 381 g/mol. The topological polar surface area (TPSA) is 51.3 Å². The summed E-state index contributed by atoms with van der Waals surface area (Å²) in [7, 11) is 0. The SMILES string of the molecule is O=[N+]([O-])c1ccc(CN2CCCn3cccc3C2c2ccc(Cl)cc2)cc1. The molecular formula is C21H20ClN3O2. The van der Waals surface area contributed by atoms with E-state index in [1.165, 1.54) is 11.3 Å². The summed E-state index contributed by atoms with van der Waals surface area (Å²) in [5, 5.41) is 11.6. The molecule has 0 saturated carbocycles. The van der Waals surface area contributed by atoms with Crippen molar-refractivity contribution in [2.45, 2.75) is 25.6 Å². The van der Waals surface area contributed by atoms with Gasteiger partial charge in [-0.25, -0.2) is 0 Å². The summed E-state index contributed by atoms with van der Waals surface area (Å²) < 4.78 is 2.31. The zero-order chi connectivity index (χ0) is 18.8. The van der Waals surface area contributed by atoms with Crippen LogP contribution in [0.4, 0.5) is 5.69 Å². The molecule has 0 N–H and O–H groups in total. The summed E-state index contributed by atoms with van der Waals surface area (Å²) in [5.41, 5.74) is 3.65. The Kier molecular flexibility index (Phi) is 4.97. The molecule has 0 saturated heterocycles. The van der Waals surface area contributed by atoms with Gasteiger partial charge in [-0.15, -0.1) is 0 Å². The number of rotatable bonds is 4. The van der Waals surface area contributed by atoms with Crippen molar-refractivity contribution in [3.05, 3.63) is 98.8 Å². The van der Waals surface area contributed by atoms with Gasteiger partial charge in [0.2, 0.25) is 0 Å². The van der Waals surface area contributed by atoms with Gasteiger partial charge in [-0.1, -0.05) is 35.9 Å². The van der Waals surface area contributed by atoms with E-state index >= 15 is 0 Å². The molecule has 1 aliphatic heterocycles. The van der Waals surface area contributed by atoms with E-state index in [4.69, 9.17) is 11.6 Å². The Morgan fingerprint density at radius 3 is 2.48 bits per heavy atom. The number of hydrogen-bond acceptors (Lipinski definition) is 3. The van der Waals surface area contributed by atoms with Crippen LogP contribution in [-0.4, -0.2) is 20.9 Å². The second-order valence-electron chi connectivity index (χ2n) is 6.83. The molecule has 2 heterocycles. The summed E-state index contributed by atoms with van der Waals surface area (Å²) in [5.74, 6) is 0. The highest BCUT2D eigenvalue weighted by Gasteiger charge is 2.27. The number of halogens is 1. The number of hydrogen-bond donors (Lipinski definition) is 0. The maximum atomic E-state index is 10.9. The first kappa shape index (κ1) is 17.8. The molecule has 138 valence electrons. The number of aromatic nitrogens is 1. The van der Waals surface area contributed by atoms with Crippen LogP contribution in [0.3, 0.4) is 0 Å². The molecule has 0 bridgehead atoms. The second kappa shape index (κ2) is 7.55.